The van der Waals surface area contributed by atoms with Gasteiger partial charge >= 0.3 is 6.09 Å². The van der Waals surface area contributed by atoms with Gasteiger partial charge in [-0.2, -0.15) is 0 Å². The Balaban J connectivity index is 1.77. The van der Waals surface area contributed by atoms with Gasteiger partial charge in [0.1, 0.15) is 6.10 Å². The molecule has 0 saturated heterocycles. The van der Waals surface area contributed by atoms with Crippen LogP contribution in [-0.4, -0.2) is 54.1 Å². The summed E-state index contributed by atoms with van der Waals surface area (Å²) in [6, 6.07) is 4.68. The lowest BCUT2D eigenvalue weighted by Crippen LogP contribution is -2.48. The Kier molecular flexibility index (Phi) is 6.14. The number of benzene rings is 1. The largest absolute Gasteiger partial charge is 0.444 e. The molecule has 0 spiro atoms. The molecule has 0 bridgehead atoms. The number of amides is 2. The van der Waals surface area contributed by atoms with Crippen LogP contribution in [0.25, 0.3) is 0 Å². The highest BCUT2D eigenvalue weighted by Gasteiger charge is 2.39. The predicted molar refractivity (Wildman–Crippen MR) is 104 cm³/mol. The van der Waals surface area contributed by atoms with Gasteiger partial charge in [0.25, 0.3) is 5.91 Å². The zero-order valence-electron chi connectivity index (χ0n) is 16.5. The van der Waals surface area contributed by atoms with Crippen LogP contribution in [0.2, 0.25) is 0 Å². The molecule has 1 saturated carbocycles. The van der Waals surface area contributed by atoms with Crippen molar-refractivity contribution in [2.24, 2.45) is 0 Å². The molecular formula is C20H25FN4O4. The molecule has 1 aliphatic heterocycles. The van der Waals surface area contributed by atoms with Crippen LogP contribution in [0.15, 0.2) is 18.2 Å². The number of alkyl carbamates (subject to hydrolysis) is 1. The van der Waals surface area contributed by atoms with E-state index in [1.54, 1.807) is 17.0 Å². The first-order valence-corrected chi connectivity index (χ1v) is 9.63. The predicted octanol–water partition coefficient (Wildman–Crippen LogP) is 2.99. The van der Waals surface area contributed by atoms with Crippen molar-refractivity contribution >= 4 is 23.8 Å². The van der Waals surface area contributed by atoms with Gasteiger partial charge in [0.05, 0.1) is 6.04 Å². The zero-order chi connectivity index (χ0) is 21.1. The first-order valence-electron chi connectivity index (χ1n) is 9.63. The minimum atomic E-state index is -1.62. The van der Waals surface area contributed by atoms with E-state index in [0.29, 0.717) is 24.1 Å². The summed E-state index contributed by atoms with van der Waals surface area (Å²) in [5.74, 6) is -1.23. The average molecular weight is 404 g/mol. The molecule has 8 nitrogen and oxygen atoms in total. The maximum atomic E-state index is 13.1. The second-order valence-electron chi connectivity index (χ2n) is 7.26. The van der Waals surface area contributed by atoms with Crippen LogP contribution >= 0.6 is 0 Å². The Morgan fingerprint density at radius 1 is 1.31 bits per heavy atom. The van der Waals surface area contributed by atoms with Crippen LogP contribution in [-0.2, 0) is 16.0 Å². The third-order valence-electron chi connectivity index (χ3n) is 5.31. The summed E-state index contributed by atoms with van der Waals surface area (Å²) in [6.07, 6.45) is 0.837. The monoisotopic (exact) mass is 404 g/mol. The van der Waals surface area contributed by atoms with Crippen LogP contribution in [0.1, 0.15) is 54.1 Å². The van der Waals surface area contributed by atoms with Crippen LogP contribution in [0.4, 0.5) is 9.18 Å². The van der Waals surface area contributed by atoms with E-state index in [4.69, 9.17) is 20.3 Å². The van der Waals surface area contributed by atoms with Crippen molar-refractivity contribution < 1.29 is 23.5 Å². The lowest BCUT2D eigenvalue weighted by Gasteiger charge is -2.37. The summed E-state index contributed by atoms with van der Waals surface area (Å²) >= 11 is 0. The van der Waals surface area contributed by atoms with Crippen LogP contribution in [0.3, 0.4) is 0 Å². The van der Waals surface area contributed by atoms with Gasteiger partial charge in [0.15, 0.2) is 6.17 Å². The highest BCUT2D eigenvalue weighted by molar-refractivity contribution is 6.04. The highest BCUT2D eigenvalue weighted by Crippen LogP contribution is 2.33. The molecule has 3 N–H and O–H groups in total. The molecule has 156 valence electrons. The van der Waals surface area contributed by atoms with E-state index in [-0.39, 0.29) is 24.0 Å². The van der Waals surface area contributed by atoms with Gasteiger partial charge in [0.2, 0.25) is 11.8 Å². The fourth-order valence-corrected chi connectivity index (χ4v) is 3.75. The molecule has 3 atom stereocenters. The maximum Gasteiger partial charge on any atom is 0.407 e. The van der Waals surface area contributed by atoms with E-state index < -0.39 is 18.2 Å². The first kappa shape index (κ1) is 20.8. The molecule has 1 heterocycles. The summed E-state index contributed by atoms with van der Waals surface area (Å²) < 4.78 is 23.5. The Morgan fingerprint density at radius 2 is 2.03 bits per heavy atom. The van der Waals surface area contributed by atoms with Gasteiger partial charge in [0, 0.05) is 24.7 Å². The standard InChI is InChI=1S/C20H25FN4O4/c1-11(21)17(22)29-18(23)12-7-8-13-10-25(19(26)14(13)9-12)15-5-3-4-6-16(15)28-20(27)24-2/h7-9,11,15-16,22-23H,3-6,10H2,1-2H3,(H,24,27)/t11?,15?,16-/m1/s1. The lowest BCUT2D eigenvalue weighted by atomic mass is 9.91. The number of hydrogen-bond acceptors (Lipinski definition) is 6. The van der Waals surface area contributed by atoms with Crippen molar-refractivity contribution in [1.82, 2.24) is 10.2 Å². The van der Waals surface area contributed by atoms with Crippen molar-refractivity contribution in [2.75, 3.05) is 7.05 Å². The van der Waals surface area contributed by atoms with Crippen molar-refractivity contribution in [2.45, 2.75) is 57.5 Å². The molecule has 3 rings (SSSR count). The molecule has 1 aromatic carbocycles. The van der Waals surface area contributed by atoms with E-state index in [2.05, 4.69) is 5.32 Å². The molecule has 1 aliphatic carbocycles. The number of nitrogens with one attached hydrogen (secondary N) is 3. The minimum absolute atomic E-state index is 0.194. The van der Waals surface area contributed by atoms with Gasteiger partial charge < -0.3 is 19.7 Å². The fraction of sp³-hybridized carbons (Fsp3) is 0.500. The molecule has 2 amide bonds. The summed E-state index contributed by atoms with van der Waals surface area (Å²) in [7, 11) is 1.50. The lowest BCUT2D eigenvalue weighted by molar-refractivity contribution is 0.00640. The number of carbonyl (C=O) groups excluding carboxylic acids is 2. The molecule has 0 radical (unpaired) electrons. The number of carbonyl (C=O) groups is 2. The number of ether oxygens (including phenoxy) is 2. The SMILES string of the molecule is CNC(=O)O[C@@H]1CCCCC1N1Cc2ccc(C(=N)OC(=N)C(C)F)cc2C1=O. The highest BCUT2D eigenvalue weighted by atomic mass is 19.1. The van der Waals surface area contributed by atoms with E-state index in [9.17, 15) is 14.0 Å². The summed E-state index contributed by atoms with van der Waals surface area (Å²) in [5.41, 5.74) is 1.55. The molecule has 2 unspecified atom stereocenters. The number of halogens is 1. The molecule has 1 fully saturated rings. The zero-order valence-corrected chi connectivity index (χ0v) is 16.5. The molecule has 9 heteroatoms. The maximum absolute atomic E-state index is 13.1. The second kappa shape index (κ2) is 8.59. The molecular weight excluding hydrogens is 379 g/mol. The number of alkyl halides is 1. The number of rotatable bonds is 4. The Labute approximate surface area is 168 Å². The Hall–Kier alpha value is -2.97. The van der Waals surface area contributed by atoms with E-state index in [0.717, 1.165) is 31.7 Å². The fourth-order valence-electron chi connectivity index (χ4n) is 3.75. The van der Waals surface area contributed by atoms with Crippen LogP contribution < -0.4 is 5.32 Å². The van der Waals surface area contributed by atoms with E-state index >= 15 is 0 Å². The number of hydrogen-bond donors (Lipinski definition) is 3. The first-order chi connectivity index (χ1) is 13.8. The smallest absolute Gasteiger partial charge is 0.407 e. The molecule has 29 heavy (non-hydrogen) atoms. The van der Waals surface area contributed by atoms with Gasteiger partial charge in [-0.15, -0.1) is 0 Å². The van der Waals surface area contributed by atoms with Crippen LogP contribution in [0.5, 0.6) is 0 Å². The molecule has 0 aromatic heterocycles. The number of fused-ring (bicyclic) bond motifs is 1. The van der Waals surface area contributed by atoms with E-state index in [1.165, 1.54) is 13.1 Å². The van der Waals surface area contributed by atoms with Gasteiger partial charge in [-0.05, 0) is 43.9 Å². The topological polar surface area (TPSA) is 116 Å². The minimum Gasteiger partial charge on any atom is -0.444 e. The third-order valence-corrected chi connectivity index (χ3v) is 5.31. The van der Waals surface area contributed by atoms with Crippen molar-refractivity contribution in [1.29, 1.82) is 10.8 Å². The van der Waals surface area contributed by atoms with Crippen molar-refractivity contribution in [3.05, 3.63) is 34.9 Å². The van der Waals surface area contributed by atoms with Crippen molar-refractivity contribution in [3.8, 4) is 0 Å². The van der Waals surface area contributed by atoms with Crippen molar-refractivity contribution in [3.63, 3.8) is 0 Å². The van der Waals surface area contributed by atoms with Crippen LogP contribution in [0, 0.1) is 10.8 Å². The Morgan fingerprint density at radius 3 is 2.72 bits per heavy atom. The van der Waals surface area contributed by atoms with Gasteiger partial charge in [-0.1, -0.05) is 12.5 Å². The molecule has 1 aromatic rings. The van der Waals surface area contributed by atoms with E-state index in [1.807, 2.05) is 0 Å². The quantitative estimate of drug-likeness (QED) is 0.528. The average Bonchev–Trinajstić information content (AvgIpc) is 3.04. The Bertz CT molecular complexity index is 842. The summed E-state index contributed by atoms with van der Waals surface area (Å²) in [4.78, 5) is 26.5. The summed E-state index contributed by atoms with van der Waals surface area (Å²) in [6.45, 7) is 1.55. The second-order valence-corrected chi connectivity index (χ2v) is 7.26. The summed E-state index contributed by atoms with van der Waals surface area (Å²) in [5, 5.41) is 17.8. The third kappa shape index (κ3) is 4.38. The van der Waals surface area contributed by atoms with Gasteiger partial charge in [-0.25, -0.2) is 9.18 Å². The molecule has 2 aliphatic rings. The number of nitrogens with zero attached hydrogens (tertiary/aromatic N) is 1. The normalized spacial score (nSPS) is 21.9. The van der Waals surface area contributed by atoms with Gasteiger partial charge in [-0.3, -0.25) is 15.6 Å².